The van der Waals surface area contributed by atoms with Crippen LogP contribution in [-0.2, 0) is 16.3 Å². The van der Waals surface area contributed by atoms with Crippen molar-refractivity contribution < 1.29 is 31.2 Å². The summed E-state index contributed by atoms with van der Waals surface area (Å²) >= 11 is 0. The summed E-state index contributed by atoms with van der Waals surface area (Å²) in [6.07, 6.45) is -6.63. The van der Waals surface area contributed by atoms with Crippen LogP contribution in [-0.4, -0.2) is 23.8 Å². The third kappa shape index (κ3) is 3.99. The Morgan fingerprint density at radius 3 is 2.24 bits per heavy atom. The van der Waals surface area contributed by atoms with Crippen LogP contribution in [0.2, 0.25) is 0 Å². The van der Waals surface area contributed by atoms with Gasteiger partial charge in [-0.2, -0.15) is 21.6 Å². The molecule has 0 aliphatic rings. The first-order valence-corrected chi connectivity index (χ1v) is 6.01. The molecule has 0 saturated heterocycles. The molecule has 0 aliphatic carbocycles. The van der Waals surface area contributed by atoms with Crippen molar-refractivity contribution in [3.05, 3.63) is 35.4 Å². The lowest BCUT2D eigenvalue weighted by Crippen LogP contribution is -2.18. The third-order valence-corrected chi connectivity index (χ3v) is 2.73. The van der Waals surface area contributed by atoms with E-state index in [4.69, 9.17) is 4.55 Å². The number of alkyl halides is 3. The summed E-state index contributed by atoms with van der Waals surface area (Å²) in [6, 6.07) is 4.03. The molecule has 0 aromatic heterocycles. The van der Waals surface area contributed by atoms with Crippen LogP contribution in [0.25, 0.3) is 0 Å². The molecule has 8 heteroatoms. The van der Waals surface area contributed by atoms with Gasteiger partial charge < -0.3 is 5.11 Å². The second-order valence-electron chi connectivity index (χ2n) is 3.35. The number of hydrogen-bond acceptors (Lipinski definition) is 3. The van der Waals surface area contributed by atoms with Gasteiger partial charge in [-0.05, 0) is 11.6 Å². The highest BCUT2D eigenvalue weighted by molar-refractivity contribution is 7.85. The van der Waals surface area contributed by atoms with Crippen LogP contribution in [0.15, 0.2) is 24.3 Å². The fourth-order valence-electron chi connectivity index (χ4n) is 1.34. The molecule has 0 radical (unpaired) electrons. The van der Waals surface area contributed by atoms with Gasteiger partial charge in [-0.15, -0.1) is 0 Å². The van der Waals surface area contributed by atoms with Gasteiger partial charge in [0.1, 0.15) is 5.75 Å². The van der Waals surface area contributed by atoms with Crippen LogP contribution in [0.1, 0.15) is 17.2 Å². The minimum Gasteiger partial charge on any atom is -0.387 e. The topological polar surface area (TPSA) is 74.6 Å². The van der Waals surface area contributed by atoms with E-state index in [-0.39, 0.29) is 0 Å². The Hall–Kier alpha value is -1.12. The van der Waals surface area contributed by atoms with Gasteiger partial charge in [0.15, 0.2) is 0 Å². The fourth-order valence-corrected chi connectivity index (χ4v) is 1.91. The summed E-state index contributed by atoms with van der Waals surface area (Å²) in [5.74, 6) is -1.18. The van der Waals surface area contributed by atoms with Crippen LogP contribution < -0.4 is 0 Å². The zero-order valence-electron chi connectivity index (χ0n) is 8.35. The Balaban J connectivity index is 3.14. The van der Waals surface area contributed by atoms with Gasteiger partial charge in [0.2, 0.25) is 0 Å². The van der Waals surface area contributed by atoms with E-state index in [0.717, 1.165) is 18.2 Å². The maximum Gasteiger partial charge on any atom is 0.416 e. The van der Waals surface area contributed by atoms with Gasteiger partial charge in [-0.25, -0.2) is 0 Å². The number of halogens is 3. The highest BCUT2D eigenvalue weighted by Crippen LogP contribution is 2.34. The molecule has 1 rings (SSSR count). The Morgan fingerprint density at radius 2 is 1.76 bits per heavy atom. The minimum atomic E-state index is -4.70. The maximum absolute atomic E-state index is 12.5. The van der Waals surface area contributed by atoms with Gasteiger partial charge in [0.05, 0.1) is 11.7 Å². The summed E-state index contributed by atoms with van der Waals surface area (Å²) in [6.45, 7) is 0. The largest absolute Gasteiger partial charge is 0.416 e. The molecule has 0 amide bonds. The Kier molecular flexibility index (Phi) is 3.80. The molecule has 4 nitrogen and oxygen atoms in total. The number of rotatable bonds is 3. The molecule has 0 fully saturated rings. The second kappa shape index (κ2) is 4.63. The Bertz CT molecular complexity index is 495. The van der Waals surface area contributed by atoms with E-state index in [2.05, 4.69) is 0 Å². The number of aliphatic hydroxyl groups excluding tert-OH is 1. The molecule has 0 bridgehead atoms. The van der Waals surface area contributed by atoms with E-state index in [9.17, 15) is 26.7 Å². The molecule has 2 N–H and O–H groups in total. The molecular weight excluding hydrogens is 261 g/mol. The van der Waals surface area contributed by atoms with Crippen LogP contribution >= 0.6 is 0 Å². The quantitative estimate of drug-likeness (QED) is 0.818. The number of benzene rings is 1. The van der Waals surface area contributed by atoms with Crippen LogP contribution in [0.4, 0.5) is 13.2 Å². The molecule has 0 aliphatic heterocycles. The molecule has 1 aromatic carbocycles. The SMILES string of the molecule is O=S(=O)(O)CC(O)c1ccccc1C(F)(F)F. The van der Waals surface area contributed by atoms with Gasteiger partial charge in [-0.1, -0.05) is 18.2 Å². The van der Waals surface area contributed by atoms with E-state index in [0.29, 0.717) is 0 Å². The first kappa shape index (κ1) is 13.9. The summed E-state index contributed by atoms with van der Waals surface area (Å²) in [4.78, 5) is 0. The third-order valence-electron chi connectivity index (χ3n) is 1.99. The van der Waals surface area contributed by atoms with E-state index >= 15 is 0 Å². The normalized spacial score (nSPS) is 14.6. The average Bonchev–Trinajstić information content (AvgIpc) is 2.13. The second-order valence-corrected chi connectivity index (χ2v) is 4.85. The number of hydrogen-bond donors (Lipinski definition) is 2. The molecule has 0 saturated carbocycles. The van der Waals surface area contributed by atoms with Gasteiger partial charge in [0, 0.05) is 0 Å². The van der Waals surface area contributed by atoms with Gasteiger partial charge in [0.25, 0.3) is 10.1 Å². The first-order valence-electron chi connectivity index (χ1n) is 4.40. The van der Waals surface area contributed by atoms with Crippen molar-refractivity contribution in [3.8, 4) is 0 Å². The van der Waals surface area contributed by atoms with Crippen LogP contribution in [0.3, 0.4) is 0 Å². The van der Waals surface area contributed by atoms with Crippen molar-refractivity contribution in [3.63, 3.8) is 0 Å². The molecule has 0 spiro atoms. The average molecular weight is 270 g/mol. The lowest BCUT2D eigenvalue weighted by atomic mass is 10.0. The standard InChI is InChI=1S/C9H9F3O4S/c10-9(11,12)7-4-2-1-3-6(7)8(13)5-17(14,15)16/h1-4,8,13H,5H2,(H,14,15,16). The molecule has 17 heavy (non-hydrogen) atoms. The molecular formula is C9H9F3O4S. The molecule has 0 heterocycles. The van der Waals surface area contributed by atoms with E-state index in [1.807, 2.05) is 0 Å². The summed E-state index contributed by atoms with van der Waals surface area (Å²) in [7, 11) is -4.55. The van der Waals surface area contributed by atoms with E-state index in [1.54, 1.807) is 0 Å². The van der Waals surface area contributed by atoms with Gasteiger partial charge in [-0.3, -0.25) is 4.55 Å². The van der Waals surface area contributed by atoms with Crippen LogP contribution in [0.5, 0.6) is 0 Å². The summed E-state index contributed by atoms with van der Waals surface area (Å²) in [5, 5.41) is 9.36. The molecule has 96 valence electrons. The molecule has 1 aromatic rings. The highest BCUT2D eigenvalue weighted by atomic mass is 32.2. The Morgan fingerprint density at radius 1 is 1.24 bits per heavy atom. The number of aliphatic hydroxyl groups is 1. The van der Waals surface area contributed by atoms with Crippen molar-refractivity contribution in [2.75, 3.05) is 5.75 Å². The van der Waals surface area contributed by atoms with E-state index in [1.165, 1.54) is 6.07 Å². The highest BCUT2D eigenvalue weighted by Gasteiger charge is 2.35. The van der Waals surface area contributed by atoms with Crippen molar-refractivity contribution in [1.29, 1.82) is 0 Å². The van der Waals surface area contributed by atoms with Gasteiger partial charge >= 0.3 is 6.18 Å². The monoisotopic (exact) mass is 270 g/mol. The lowest BCUT2D eigenvalue weighted by Gasteiger charge is -2.16. The van der Waals surface area contributed by atoms with Crippen molar-refractivity contribution in [1.82, 2.24) is 0 Å². The minimum absolute atomic E-state index is 0.586. The van der Waals surface area contributed by atoms with E-state index < -0.39 is 39.3 Å². The van der Waals surface area contributed by atoms with Crippen molar-refractivity contribution in [2.24, 2.45) is 0 Å². The molecule has 1 unspecified atom stereocenters. The van der Waals surface area contributed by atoms with Crippen molar-refractivity contribution >= 4 is 10.1 Å². The predicted octanol–water partition coefficient (Wildman–Crippen LogP) is 1.63. The smallest absolute Gasteiger partial charge is 0.387 e. The summed E-state index contributed by atoms with van der Waals surface area (Å²) in [5.41, 5.74) is -1.71. The molecule has 1 atom stereocenters. The predicted molar refractivity (Wildman–Crippen MR) is 52.8 cm³/mol. The Labute approximate surface area is 95.4 Å². The van der Waals surface area contributed by atoms with Crippen LogP contribution in [0, 0.1) is 0 Å². The summed E-state index contributed by atoms with van der Waals surface area (Å²) < 4.78 is 67.0. The zero-order valence-corrected chi connectivity index (χ0v) is 9.16. The lowest BCUT2D eigenvalue weighted by molar-refractivity contribution is -0.139. The van der Waals surface area contributed by atoms with Crippen molar-refractivity contribution in [2.45, 2.75) is 12.3 Å². The zero-order chi connectivity index (χ0) is 13.3. The first-order chi connectivity index (χ1) is 7.61. The fraction of sp³-hybridized carbons (Fsp3) is 0.333. The maximum atomic E-state index is 12.5.